The minimum atomic E-state index is -0.177. The molecule has 4 rings (SSSR count). The van der Waals surface area contributed by atoms with Crippen LogP contribution in [0, 0.1) is 5.92 Å². The summed E-state index contributed by atoms with van der Waals surface area (Å²) in [6.45, 7) is 2.02. The van der Waals surface area contributed by atoms with Gasteiger partial charge < -0.3 is 18.9 Å². The third-order valence-corrected chi connectivity index (χ3v) is 6.00. The maximum Gasteiger partial charge on any atom is 0.242 e. The van der Waals surface area contributed by atoms with E-state index in [1.165, 1.54) is 12.8 Å². The highest BCUT2D eigenvalue weighted by Crippen LogP contribution is 2.43. The van der Waals surface area contributed by atoms with Crippen LogP contribution in [0.5, 0.6) is 0 Å². The molecule has 24 heavy (non-hydrogen) atoms. The van der Waals surface area contributed by atoms with E-state index in [1.54, 1.807) is 19.6 Å². The van der Waals surface area contributed by atoms with Crippen molar-refractivity contribution in [1.82, 2.24) is 14.5 Å². The molecule has 2 heterocycles. The van der Waals surface area contributed by atoms with E-state index in [0.29, 0.717) is 6.54 Å². The summed E-state index contributed by atoms with van der Waals surface area (Å²) in [5.74, 6) is 0.932. The van der Waals surface area contributed by atoms with Crippen LogP contribution in [-0.4, -0.2) is 58.4 Å². The molecule has 0 aromatic carbocycles. The average molecular weight is 333 g/mol. The first kappa shape index (κ1) is 16.1. The Morgan fingerprint density at radius 1 is 1.33 bits per heavy atom. The largest absolute Gasteiger partial charge is 0.378 e. The van der Waals surface area contributed by atoms with Gasteiger partial charge in [0.1, 0.15) is 6.54 Å². The first-order valence-corrected chi connectivity index (χ1v) is 9.12. The van der Waals surface area contributed by atoms with Crippen LogP contribution in [0.1, 0.15) is 38.5 Å². The molecule has 0 spiro atoms. The van der Waals surface area contributed by atoms with Crippen molar-refractivity contribution in [2.45, 2.75) is 62.8 Å². The van der Waals surface area contributed by atoms with E-state index in [0.717, 1.165) is 44.8 Å². The smallest absolute Gasteiger partial charge is 0.242 e. The van der Waals surface area contributed by atoms with Crippen molar-refractivity contribution < 1.29 is 14.3 Å². The summed E-state index contributed by atoms with van der Waals surface area (Å²) in [5.41, 5.74) is -0.177. The van der Waals surface area contributed by atoms with Crippen LogP contribution in [-0.2, 0) is 20.8 Å². The first-order valence-electron chi connectivity index (χ1n) is 9.12. The Morgan fingerprint density at radius 3 is 2.92 bits per heavy atom. The summed E-state index contributed by atoms with van der Waals surface area (Å²) in [6, 6.07) is 0.136. The van der Waals surface area contributed by atoms with Crippen LogP contribution in [0.2, 0.25) is 0 Å². The number of hydrogen-bond acceptors (Lipinski definition) is 4. The zero-order valence-corrected chi connectivity index (χ0v) is 14.4. The molecule has 1 aromatic heterocycles. The lowest BCUT2D eigenvalue weighted by Crippen LogP contribution is -2.53. The van der Waals surface area contributed by atoms with Gasteiger partial charge in [0.15, 0.2) is 0 Å². The number of carbonyl (C=O) groups is 1. The molecule has 1 saturated heterocycles. The van der Waals surface area contributed by atoms with Crippen molar-refractivity contribution in [1.29, 1.82) is 0 Å². The van der Waals surface area contributed by atoms with Crippen LogP contribution in [0.15, 0.2) is 18.7 Å². The maximum atomic E-state index is 12.8. The molecule has 3 fully saturated rings. The fourth-order valence-electron chi connectivity index (χ4n) is 4.30. The number of rotatable bonds is 6. The first-order chi connectivity index (χ1) is 11.7. The van der Waals surface area contributed by atoms with Crippen LogP contribution >= 0.6 is 0 Å². The Bertz CT molecular complexity index is 572. The van der Waals surface area contributed by atoms with Crippen LogP contribution in [0.25, 0.3) is 0 Å². The van der Waals surface area contributed by atoms with E-state index >= 15 is 0 Å². The number of fused-ring (bicyclic) bond motifs is 1. The topological polar surface area (TPSA) is 56.6 Å². The molecule has 6 nitrogen and oxygen atoms in total. The summed E-state index contributed by atoms with van der Waals surface area (Å²) in [7, 11) is 1.79. The third kappa shape index (κ3) is 3.09. The van der Waals surface area contributed by atoms with Gasteiger partial charge in [-0.1, -0.05) is 0 Å². The van der Waals surface area contributed by atoms with Gasteiger partial charge in [-0.15, -0.1) is 0 Å². The van der Waals surface area contributed by atoms with Gasteiger partial charge in [0, 0.05) is 32.7 Å². The van der Waals surface area contributed by atoms with E-state index in [-0.39, 0.29) is 23.7 Å². The van der Waals surface area contributed by atoms with Gasteiger partial charge in [-0.05, 0) is 44.4 Å². The van der Waals surface area contributed by atoms with Crippen LogP contribution in [0.3, 0.4) is 0 Å². The normalized spacial score (nSPS) is 32.8. The van der Waals surface area contributed by atoms with Crippen molar-refractivity contribution in [2.24, 2.45) is 5.92 Å². The summed E-state index contributed by atoms with van der Waals surface area (Å²) in [6.07, 6.45) is 12.0. The minimum Gasteiger partial charge on any atom is -0.378 e. The standard InChI is InChI=1S/C18H27N3O3/c1-23-18-5-4-15(24-12-14-2-3-14)10-16(18)21(8-6-18)17(22)11-20-9-7-19-13-20/h7,9,13-16H,2-6,8,10-12H2,1H3/t15-,16-,18+/m0/s1. The molecule has 0 bridgehead atoms. The number of hydrogen-bond donors (Lipinski definition) is 0. The summed E-state index contributed by atoms with van der Waals surface area (Å²) in [5, 5.41) is 0. The number of ether oxygens (including phenoxy) is 2. The second kappa shape index (κ2) is 6.48. The highest BCUT2D eigenvalue weighted by molar-refractivity contribution is 5.77. The molecule has 132 valence electrons. The van der Waals surface area contributed by atoms with E-state index in [2.05, 4.69) is 4.98 Å². The lowest BCUT2D eigenvalue weighted by Gasteiger charge is -2.43. The van der Waals surface area contributed by atoms with Gasteiger partial charge in [-0.3, -0.25) is 4.79 Å². The molecule has 3 aliphatic rings. The fraction of sp³-hybridized carbons (Fsp3) is 0.778. The van der Waals surface area contributed by atoms with E-state index < -0.39 is 0 Å². The van der Waals surface area contributed by atoms with Gasteiger partial charge >= 0.3 is 0 Å². The lowest BCUT2D eigenvalue weighted by molar-refractivity contribution is -0.142. The second-order valence-corrected chi connectivity index (χ2v) is 7.53. The molecule has 1 aromatic rings. The molecule has 2 aliphatic carbocycles. The van der Waals surface area contributed by atoms with Crippen molar-refractivity contribution >= 4 is 5.91 Å². The quantitative estimate of drug-likeness (QED) is 0.797. The summed E-state index contributed by atoms with van der Waals surface area (Å²) >= 11 is 0. The number of carbonyl (C=O) groups excluding carboxylic acids is 1. The van der Waals surface area contributed by atoms with Crippen LogP contribution in [0.4, 0.5) is 0 Å². The second-order valence-electron chi connectivity index (χ2n) is 7.53. The Balaban J connectivity index is 1.43. The van der Waals surface area contributed by atoms with Gasteiger partial charge in [-0.25, -0.2) is 4.98 Å². The molecule has 2 saturated carbocycles. The number of nitrogens with zero attached hydrogens (tertiary/aromatic N) is 3. The molecule has 6 heteroatoms. The molecule has 0 unspecified atom stereocenters. The molecule has 1 amide bonds. The van der Waals surface area contributed by atoms with E-state index in [4.69, 9.17) is 9.47 Å². The van der Waals surface area contributed by atoms with Crippen LogP contribution < -0.4 is 0 Å². The zero-order chi connectivity index (χ0) is 16.6. The van der Waals surface area contributed by atoms with Gasteiger partial charge in [0.2, 0.25) is 5.91 Å². The number of amides is 1. The number of likely N-dealkylation sites (tertiary alicyclic amines) is 1. The summed E-state index contributed by atoms with van der Waals surface area (Å²) in [4.78, 5) is 18.8. The van der Waals surface area contributed by atoms with Crippen molar-refractivity contribution in [2.75, 3.05) is 20.3 Å². The molecule has 1 aliphatic heterocycles. The van der Waals surface area contributed by atoms with Gasteiger partial charge in [0.05, 0.1) is 24.1 Å². The third-order valence-electron chi connectivity index (χ3n) is 6.00. The van der Waals surface area contributed by atoms with Crippen molar-refractivity contribution in [3.05, 3.63) is 18.7 Å². The summed E-state index contributed by atoms with van der Waals surface area (Å²) < 4.78 is 13.9. The van der Waals surface area contributed by atoms with Gasteiger partial charge in [0.25, 0.3) is 0 Å². The number of imidazole rings is 1. The fourth-order valence-corrected chi connectivity index (χ4v) is 4.30. The number of aromatic nitrogens is 2. The number of methoxy groups -OCH3 is 1. The highest BCUT2D eigenvalue weighted by Gasteiger charge is 2.52. The minimum absolute atomic E-state index is 0.136. The molecule has 3 atom stereocenters. The highest BCUT2D eigenvalue weighted by atomic mass is 16.5. The van der Waals surface area contributed by atoms with E-state index in [1.807, 2.05) is 15.7 Å². The average Bonchev–Trinajstić information content (AvgIpc) is 3.14. The molecular formula is C18H27N3O3. The Labute approximate surface area is 143 Å². The Morgan fingerprint density at radius 2 is 2.21 bits per heavy atom. The molecular weight excluding hydrogens is 306 g/mol. The van der Waals surface area contributed by atoms with Crippen molar-refractivity contribution in [3.8, 4) is 0 Å². The lowest BCUT2D eigenvalue weighted by atomic mass is 9.79. The van der Waals surface area contributed by atoms with Gasteiger partial charge in [-0.2, -0.15) is 0 Å². The van der Waals surface area contributed by atoms with Crippen molar-refractivity contribution in [3.63, 3.8) is 0 Å². The monoisotopic (exact) mass is 333 g/mol. The predicted octanol–water partition coefficient (Wildman–Crippen LogP) is 1.85. The van der Waals surface area contributed by atoms with E-state index in [9.17, 15) is 4.79 Å². The maximum absolute atomic E-state index is 12.8. The molecule has 0 N–H and O–H groups in total. The zero-order valence-electron chi connectivity index (χ0n) is 14.4. The molecule has 0 radical (unpaired) electrons. The predicted molar refractivity (Wildman–Crippen MR) is 88.4 cm³/mol. The Hall–Kier alpha value is -1.40. The Kier molecular flexibility index (Phi) is 4.35. The SMILES string of the molecule is CO[C@@]12CC[C@H](OCC3CC3)C[C@@H]1N(C(=O)Cn1ccnc1)CC2.